The van der Waals surface area contributed by atoms with Crippen LogP contribution in [0.15, 0.2) is 12.1 Å². The molecule has 0 aliphatic rings. The first-order valence-corrected chi connectivity index (χ1v) is 10.2. The molecule has 0 atom stereocenters. The minimum atomic E-state index is 1.40. The number of thiophene rings is 2. The van der Waals surface area contributed by atoms with E-state index in [2.05, 4.69) is 102 Å². The molecule has 6 heteroatoms. The Labute approximate surface area is 155 Å². The van der Waals surface area contributed by atoms with Crippen molar-refractivity contribution in [1.82, 2.24) is 0 Å². The lowest BCUT2D eigenvalue weighted by molar-refractivity contribution is 1.88. The van der Waals surface area contributed by atoms with Crippen LogP contribution in [-0.2, 0) is 0 Å². The number of hydrogen-bond acceptors (Lipinski definition) is 2. The molecule has 0 N–H and O–H groups in total. The van der Waals surface area contributed by atoms with Gasteiger partial charge in [-0.3, -0.25) is 0 Å². The molecular weight excluding hydrogens is 692 g/mol. The zero-order valence-corrected chi connectivity index (χ0v) is 17.7. The van der Waals surface area contributed by atoms with Gasteiger partial charge in [-0.15, -0.1) is 22.7 Å². The summed E-state index contributed by atoms with van der Waals surface area (Å²) in [6, 6.07) is 4.69. The van der Waals surface area contributed by atoms with Gasteiger partial charge >= 0.3 is 0 Å². The van der Waals surface area contributed by atoms with Crippen molar-refractivity contribution in [3.05, 3.63) is 25.0 Å². The smallest absolute Gasteiger partial charge is 0.0799 e. The lowest BCUT2D eigenvalue weighted by Gasteiger charge is -1.93. The van der Waals surface area contributed by atoms with Crippen LogP contribution in [0.1, 0.15) is 0 Å². The van der Waals surface area contributed by atoms with Crippen LogP contribution in [0.3, 0.4) is 0 Å². The van der Waals surface area contributed by atoms with Gasteiger partial charge in [0.05, 0.1) is 5.77 Å². The lowest BCUT2D eigenvalue weighted by atomic mass is 10.2. The maximum Gasteiger partial charge on any atom is 0.0799 e. The quantitative estimate of drug-likeness (QED) is 0.235. The zero-order valence-electron chi connectivity index (χ0n) is 7.48. The Morgan fingerprint density at radius 1 is 0.688 bits per heavy atom. The predicted octanol–water partition coefficient (Wildman–Crippen LogP) is 6.53. The molecule has 0 saturated heterocycles. The van der Waals surface area contributed by atoms with Gasteiger partial charge in [-0.05, 0) is 102 Å². The predicted molar refractivity (Wildman–Crippen MR) is 108 cm³/mol. The average molecular weight is 694 g/mol. The molecule has 0 unspecified atom stereocenters. The molecular formula is C10H2I4S2. The van der Waals surface area contributed by atoms with Crippen molar-refractivity contribution in [2.75, 3.05) is 0 Å². The molecule has 1 aromatic carbocycles. The second-order valence-corrected chi connectivity index (χ2v) is 11.1. The fourth-order valence-corrected chi connectivity index (χ4v) is 7.17. The summed E-state index contributed by atoms with van der Waals surface area (Å²) < 4.78 is 8.42. The second-order valence-electron chi connectivity index (χ2n) is 3.22. The summed E-state index contributed by atoms with van der Waals surface area (Å²) in [5.74, 6) is 0. The van der Waals surface area contributed by atoms with Crippen molar-refractivity contribution < 1.29 is 0 Å². The Kier molecular flexibility index (Phi) is 3.98. The van der Waals surface area contributed by atoms with Crippen LogP contribution in [0.25, 0.3) is 20.2 Å². The van der Waals surface area contributed by atoms with Gasteiger partial charge in [0.2, 0.25) is 0 Å². The van der Waals surface area contributed by atoms with Crippen molar-refractivity contribution in [3.8, 4) is 0 Å². The van der Waals surface area contributed by atoms with E-state index >= 15 is 0 Å². The van der Waals surface area contributed by atoms with E-state index < -0.39 is 0 Å². The Bertz CT molecular complexity index is 648. The van der Waals surface area contributed by atoms with E-state index in [1.54, 1.807) is 0 Å². The number of benzene rings is 1. The molecule has 16 heavy (non-hydrogen) atoms. The Morgan fingerprint density at radius 3 is 1.44 bits per heavy atom. The van der Waals surface area contributed by atoms with E-state index in [0.717, 1.165) is 0 Å². The van der Waals surface area contributed by atoms with Gasteiger partial charge in [0.1, 0.15) is 0 Å². The van der Waals surface area contributed by atoms with Crippen LogP contribution in [-0.4, -0.2) is 0 Å². The van der Waals surface area contributed by atoms with Crippen LogP contribution in [0.5, 0.6) is 0 Å². The number of fused-ring (bicyclic) bond motifs is 2. The fourth-order valence-electron chi connectivity index (χ4n) is 1.57. The van der Waals surface area contributed by atoms with Gasteiger partial charge in [0, 0.05) is 27.3 Å². The Balaban J connectivity index is 2.52. The van der Waals surface area contributed by atoms with Crippen molar-refractivity contribution in [1.29, 1.82) is 0 Å². The molecule has 0 aliphatic heterocycles. The first-order valence-electron chi connectivity index (χ1n) is 4.23. The van der Waals surface area contributed by atoms with Crippen molar-refractivity contribution in [3.63, 3.8) is 0 Å². The highest BCUT2D eigenvalue weighted by atomic mass is 127. The van der Waals surface area contributed by atoms with Crippen LogP contribution in [0, 0.1) is 12.9 Å². The van der Waals surface area contributed by atoms with E-state index in [4.69, 9.17) is 0 Å². The van der Waals surface area contributed by atoms with E-state index in [0.29, 0.717) is 0 Å². The molecule has 0 amide bonds. The molecule has 2 heterocycles. The minimum absolute atomic E-state index is 1.40. The molecule has 0 aliphatic carbocycles. The van der Waals surface area contributed by atoms with Crippen LogP contribution < -0.4 is 0 Å². The highest BCUT2D eigenvalue weighted by molar-refractivity contribution is 14.1. The monoisotopic (exact) mass is 694 g/mol. The SMILES string of the molecule is Ic1sc2cc3c(I)c(I)sc3cc2c1I. The van der Waals surface area contributed by atoms with Gasteiger partial charge in [-0.2, -0.15) is 0 Å². The van der Waals surface area contributed by atoms with Gasteiger partial charge in [0.15, 0.2) is 0 Å². The highest BCUT2D eigenvalue weighted by Crippen LogP contribution is 2.40. The van der Waals surface area contributed by atoms with Gasteiger partial charge in [-0.1, -0.05) is 0 Å². The van der Waals surface area contributed by atoms with Gasteiger partial charge in [-0.25, -0.2) is 0 Å². The lowest BCUT2D eigenvalue weighted by Crippen LogP contribution is -1.71. The summed E-state index contributed by atoms with van der Waals surface area (Å²) >= 11 is 13.5. The summed E-state index contributed by atoms with van der Waals surface area (Å²) in [6.07, 6.45) is 0. The largest absolute Gasteiger partial charge is 0.128 e. The third-order valence-corrected chi connectivity index (χ3v) is 11.6. The van der Waals surface area contributed by atoms with E-state index in [1.807, 2.05) is 22.7 Å². The molecule has 0 spiro atoms. The van der Waals surface area contributed by atoms with Crippen LogP contribution in [0.4, 0.5) is 0 Å². The molecule has 3 aromatic rings. The molecule has 0 fully saturated rings. The maximum absolute atomic E-state index is 2.45. The maximum atomic E-state index is 2.45. The van der Waals surface area contributed by atoms with E-state index in [1.165, 1.54) is 33.1 Å². The summed E-state index contributed by atoms with van der Waals surface area (Å²) in [4.78, 5) is 0. The average Bonchev–Trinajstić information content (AvgIpc) is 2.67. The van der Waals surface area contributed by atoms with Crippen molar-refractivity contribution in [2.45, 2.75) is 0 Å². The van der Waals surface area contributed by atoms with Crippen LogP contribution in [0.2, 0.25) is 0 Å². The first-order chi connectivity index (χ1) is 7.58. The summed E-state index contributed by atoms with van der Waals surface area (Å²) in [5, 5.41) is 2.83. The normalized spacial score (nSPS) is 11.8. The van der Waals surface area contributed by atoms with Crippen LogP contribution >= 0.6 is 113 Å². The van der Waals surface area contributed by atoms with Gasteiger partial charge < -0.3 is 0 Å². The number of rotatable bonds is 0. The third-order valence-electron chi connectivity index (χ3n) is 2.30. The molecule has 0 saturated carbocycles. The standard InChI is InChI=1S/C10H2I4S2/c11-7-3-1-5-4(8(12)10(14)15-5)2-6(3)16-9(7)13/h1-2H. The number of hydrogen-bond donors (Lipinski definition) is 0. The molecule has 0 radical (unpaired) electrons. The molecule has 2 aromatic heterocycles. The second kappa shape index (κ2) is 4.87. The topological polar surface area (TPSA) is 0 Å². The van der Waals surface area contributed by atoms with Gasteiger partial charge in [0.25, 0.3) is 0 Å². The summed E-state index contributed by atoms with van der Waals surface area (Å²) in [6.45, 7) is 0. The summed E-state index contributed by atoms with van der Waals surface area (Å²) in [7, 11) is 0. The number of halogens is 4. The van der Waals surface area contributed by atoms with E-state index in [-0.39, 0.29) is 0 Å². The zero-order chi connectivity index (χ0) is 11.4. The molecule has 3 rings (SSSR count). The first kappa shape index (κ1) is 13.1. The highest BCUT2D eigenvalue weighted by Gasteiger charge is 2.13. The summed E-state index contributed by atoms with van der Waals surface area (Å²) in [5.41, 5.74) is 0. The van der Waals surface area contributed by atoms with E-state index in [9.17, 15) is 0 Å². The van der Waals surface area contributed by atoms with Crippen molar-refractivity contribution >= 4 is 133 Å². The molecule has 0 nitrogen and oxygen atoms in total. The fraction of sp³-hybridized carbons (Fsp3) is 0. The Morgan fingerprint density at radius 2 is 1.06 bits per heavy atom. The third kappa shape index (κ3) is 2.06. The Hall–Kier alpha value is 2.06. The van der Waals surface area contributed by atoms with Crippen molar-refractivity contribution in [2.24, 2.45) is 0 Å². The molecule has 0 bridgehead atoms. The molecule has 82 valence electrons. The minimum Gasteiger partial charge on any atom is -0.128 e.